The summed E-state index contributed by atoms with van der Waals surface area (Å²) in [5.41, 5.74) is 6.67. The zero-order valence-electron chi connectivity index (χ0n) is 18.3. The number of hydrogen-bond acceptors (Lipinski definition) is 5. The van der Waals surface area contributed by atoms with E-state index in [0.29, 0.717) is 6.54 Å². The first-order valence-electron chi connectivity index (χ1n) is 10.6. The second-order valence-corrected chi connectivity index (χ2v) is 9.34. The lowest BCUT2D eigenvalue weighted by atomic mass is 10.1. The summed E-state index contributed by atoms with van der Waals surface area (Å²) in [6.07, 6.45) is 0. The first-order chi connectivity index (χ1) is 14.4. The highest BCUT2D eigenvalue weighted by atomic mass is 32.1. The lowest BCUT2D eigenvalue weighted by Crippen LogP contribution is -2.48. The van der Waals surface area contributed by atoms with Crippen molar-refractivity contribution in [3.8, 4) is 0 Å². The molecule has 1 fully saturated rings. The molecule has 1 aliphatic heterocycles. The molecule has 0 saturated carbocycles. The molecule has 0 radical (unpaired) electrons. The van der Waals surface area contributed by atoms with Crippen LogP contribution < -0.4 is 10.2 Å². The van der Waals surface area contributed by atoms with Gasteiger partial charge in [-0.1, -0.05) is 35.1 Å². The van der Waals surface area contributed by atoms with Crippen molar-refractivity contribution in [1.82, 2.24) is 15.2 Å². The van der Waals surface area contributed by atoms with E-state index < -0.39 is 0 Å². The molecular formula is C24H30N4OS. The van der Waals surface area contributed by atoms with Crippen molar-refractivity contribution < 1.29 is 4.79 Å². The van der Waals surface area contributed by atoms with Crippen molar-refractivity contribution in [2.75, 3.05) is 44.2 Å². The monoisotopic (exact) mass is 422 g/mol. The lowest BCUT2D eigenvalue weighted by molar-refractivity contribution is 0.0947. The molecule has 1 aromatic heterocycles. The molecule has 158 valence electrons. The quantitative estimate of drug-likeness (QED) is 0.673. The number of piperazine rings is 1. The molecule has 0 bridgehead atoms. The Morgan fingerprint density at radius 2 is 1.73 bits per heavy atom. The van der Waals surface area contributed by atoms with Crippen molar-refractivity contribution in [2.45, 2.75) is 27.7 Å². The first-order valence-corrected chi connectivity index (χ1v) is 11.4. The molecular weight excluding hydrogens is 392 g/mol. The van der Waals surface area contributed by atoms with Gasteiger partial charge in [-0.05, 0) is 56.5 Å². The van der Waals surface area contributed by atoms with E-state index in [1.807, 2.05) is 26.0 Å². The van der Waals surface area contributed by atoms with E-state index >= 15 is 0 Å². The number of nitrogens with zero attached hydrogens (tertiary/aromatic N) is 3. The number of rotatable bonds is 5. The summed E-state index contributed by atoms with van der Waals surface area (Å²) >= 11 is 1.79. The Labute approximate surface area is 182 Å². The highest BCUT2D eigenvalue weighted by molar-refractivity contribution is 7.22. The summed E-state index contributed by atoms with van der Waals surface area (Å²) in [5.74, 6) is 0.0197. The molecule has 2 heterocycles. The molecule has 0 aliphatic carbocycles. The number of anilines is 1. The summed E-state index contributed by atoms with van der Waals surface area (Å²) in [4.78, 5) is 22.2. The summed E-state index contributed by atoms with van der Waals surface area (Å²) in [5, 5.41) is 4.20. The summed E-state index contributed by atoms with van der Waals surface area (Å²) in [7, 11) is 0. The van der Waals surface area contributed by atoms with Crippen LogP contribution in [-0.4, -0.2) is 55.1 Å². The van der Waals surface area contributed by atoms with E-state index in [1.165, 1.54) is 21.4 Å². The smallest absolute Gasteiger partial charge is 0.251 e. The van der Waals surface area contributed by atoms with Crippen LogP contribution in [0.15, 0.2) is 30.3 Å². The van der Waals surface area contributed by atoms with Gasteiger partial charge in [-0.3, -0.25) is 9.69 Å². The highest BCUT2D eigenvalue weighted by Crippen LogP contribution is 2.32. The van der Waals surface area contributed by atoms with Crippen molar-refractivity contribution in [2.24, 2.45) is 0 Å². The average molecular weight is 423 g/mol. The fourth-order valence-corrected chi connectivity index (χ4v) is 5.34. The fourth-order valence-electron chi connectivity index (χ4n) is 4.15. The van der Waals surface area contributed by atoms with Crippen molar-refractivity contribution >= 4 is 32.6 Å². The Hall–Kier alpha value is -2.44. The zero-order chi connectivity index (χ0) is 21.3. The van der Waals surface area contributed by atoms with Gasteiger partial charge >= 0.3 is 0 Å². The van der Waals surface area contributed by atoms with Gasteiger partial charge in [0.1, 0.15) is 0 Å². The van der Waals surface area contributed by atoms with Gasteiger partial charge in [0, 0.05) is 44.8 Å². The van der Waals surface area contributed by atoms with Crippen LogP contribution in [0.1, 0.15) is 32.6 Å². The molecule has 2 aromatic carbocycles. The van der Waals surface area contributed by atoms with Crippen LogP contribution in [-0.2, 0) is 0 Å². The van der Waals surface area contributed by atoms with Gasteiger partial charge in [-0.15, -0.1) is 0 Å². The Balaban J connectivity index is 1.28. The van der Waals surface area contributed by atoms with Gasteiger partial charge in [-0.2, -0.15) is 0 Å². The molecule has 0 spiro atoms. The first kappa shape index (κ1) is 20.8. The van der Waals surface area contributed by atoms with E-state index in [-0.39, 0.29) is 5.91 Å². The number of aryl methyl sites for hydroxylation is 4. The normalized spacial score (nSPS) is 15.0. The summed E-state index contributed by atoms with van der Waals surface area (Å²) in [6, 6.07) is 10.4. The number of amides is 1. The lowest BCUT2D eigenvalue weighted by Gasteiger charge is -2.34. The zero-order valence-corrected chi connectivity index (χ0v) is 19.1. The van der Waals surface area contributed by atoms with Crippen LogP contribution >= 0.6 is 11.3 Å². The second-order valence-electron chi connectivity index (χ2n) is 8.33. The van der Waals surface area contributed by atoms with Crippen LogP contribution in [0.2, 0.25) is 0 Å². The van der Waals surface area contributed by atoms with Gasteiger partial charge in [0.05, 0.1) is 10.2 Å². The van der Waals surface area contributed by atoms with Crippen LogP contribution in [0, 0.1) is 27.7 Å². The standard InChI is InChI=1S/C24H30N4OS/c1-16-5-6-20(18(3)13-16)23(29)25-7-8-27-9-11-28(12-10-27)24-26-22-19(4)14-17(2)15-21(22)30-24/h5-6,13-15H,7-12H2,1-4H3,(H,25,29). The van der Waals surface area contributed by atoms with Gasteiger partial charge < -0.3 is 10.2 Å². The third-order valence-corrected chi connectivity index (χ3v) is 6.86. The predicted molar refractivity (Wildman–Crippen MR) is 126 cm³/mol. The SMILES string of the molecule is Cc1ccc(C(=O)NCCN2CCN(c3nc4c(C)cc(C)cc4s3)CC2)c(C)c1. The minimum Gasteiger partial charge on any atom is -0.351 e. The molecule has 1 saturated heterocycles. The molecule has 4 rings (SSSR count). The topological polar surface area (TPSA) is 48.5 Å². The Morgan fingerprint density at radius 1 is 1.00 bits per heavy atom. The number of fused-ring (bicyclic) bond motifs is 1. The predicted octanol–water partition coefficient (Wildman–Crippen LogP) is 4.08. The van der Waals surface area contributed by atoms with Crippen LogP contribution in [0.4, 0.5) is 5.13 Å². The van der Waals surface area contributed by atoms with Crippen molar-refractivity contribution in [3.63, 3.8) is 0 Å². The third kappa shape index (κ3) is 4.50. The molecule has 3 aromatic rings. The average Bonchev–Trinajstić information content (AvgIpc) is 3.13. The largest absolute Gasteiger partial charge is 0.351 e. The maximum atomic E-state index is 12.4. The summed E-state index contributed by atoms with van der Waals surface area (Å²) in [6.45, 7) is 13.8. The minimum absolute atomic E-state index is 0.0197. The number of nitrogens with one attached hydrogen (secondary N) is 1. The highest BCUT2D eigenvalue weighted by Gasteiger charge is 2.20. The van der Waals surface area contributed by atoms with Crippen molar-refractivity contribution in [3.05, 3.63) is 58.1 Å². The van der Waals surface area contributed by atoms with Crippen molar-refractivity contribution in [1.29, 1.82) is 0 Å². The molecule has 30 heavy (non-hydrogen) atoms. The van der Waals surface area contributed by atoms with Gasteiger partial charge in [0.15, 0.2) is 5.13 Å². The number of carbonyl (C=O) groups is 1. The summed E-state index contributed by atoms with van der Waals surface area (Å²) < 4.78 is 1.28. The fraction of sp³-hybridized carbons (Fsp3) is 0.417. The minimum atomic E-state index is 0.0197. The second kappa shape index (κ2) is 8.74. The maximum Gasteiger partial charge on any atom is 0.251 e. The van der Waals surface area contributed by atoms with Crippen LogP contribution in [0.25, 0.3) is 10.2 Å². The van der Waals surface area contributed by atoms with Gasteiger partial charge in [0.2, 0.25) is 0 Å². The number of thiazole rings is 1. The van der Waals surface area contributed by atoms with Gasteiger partial charge in [-0.25, -0.2) is 4.98 Å². The van der Waals surface area contributed by atoms with E-state index in [2.05, 4.69) is 47.2 Å². The Morgan fingerprint density at radius 3 is 2.47 bits per heavy atom. The molecule has 1 N–H and O–H groups in total. The van der Waals surface area contributed by atoms with E-state index in [4.69, 9.17) is 4.98 Å². The number of carbonyl (C=O) groups excluding carboxylic acids is 1. The van der Waals surface area contributed by atoms with Gasteiger partial charge in [0.25, 0.3) is 5.91 Å². The maximum absolute atomic E-state index is 12.4. The third-order valence-electron chi connectivity index (χ3n) is 5.80. The molecule has 1 amide bonds. The molecule has 5 nitrogen and oxygen atoms in total. The van der Waals surface area contributed by atoms with E-state index in [0.717, 1.165) is 54.5 Å². The Kier molecular flexibility index (Phi) is 6.06. The number of hydrogen-bond donors (Lipinski definition) is 1. The van der Waals surface area contributed by atoms with E-state index in [1.54, 1.807) is 11.3 Å². The van der Waals surface area contributed by atoms with E-state index in [9.17, 15) is 4.79 Å². The number of aromatic nitrogens is 1. The molecule has 1 aliphatic rings. The Bertz CT molecular complexity index is 1070. The molecule has 6 heteroatoms. The molecule has 0 unspecified atom stereocenters. The molecule has 0 atom stereocenters. The van der Waals surface area contributed by atoms with Crippen LogP contribution in [0.3, 0.4) is 0 Å². The number of benzene rings is 2. The van der Waals surface area contributed by atoms with Crippen LogP contribution in [0.5, 0.6) is 0 Å².